The number of nitrogens with two attached hydrogens (primary N) is 1. The average Bonchev–Trinajstić information content (AvgIpc) is 3.22. The number of nitrogens with one attached hydrogen (secondary N) is 1. The third kappa shape index (κ3) is 3.01. The van der Waals surface area contributed by atoms with E-state index in [1.807, 2.05) is 0 Å². The molecule has 6 heteroatoms. The Bertz CT molecular complexity index is 517. The van der Waals surface area contributed by atoms with Gasteiger partial charge in [0, 0.05) is 18.6 Å². The summed E-state index contributed by atoms with van der Waals surface area (Å²) < 4.78 is 13.3. The van der Waals surface area contributed by atoms with Crippen LogP contribution in [-0.2, 0) is 0 Å². The van der Waals surface area contributed by atoms with Gasteiger partial charge < -0.3 is 16.2 Å². The lowest BCUT2D eigenvalue weighted by molar-refractivity contribution is 0.0698. The molecule has 0 saturated heterocycles. The number of halogens is 1. The minimum atomic E-state index is -1.23. The Hall–Kier alpha value is -1.82. The van der Waals surface area contributed by atoms with Crippen molar-refractivity contribution in [1.29, 1.82) is 0 Å². The Morgan fingerprint density at radius 1 is 1.60 bits per heavy atom. The lowest BCUT2D eigenvalue weighted by Gasteiger charge is -2.25. The fourth-order valence-electron chi connectivity index (χ4n) is 2.22. The van der Waals surface area contributed by atoms with Gasteiger partial charge in [-0.2, -0.15) is 0 Å². The first-order chi connectivity index (χ1) is 9.41. The van der Waals surface area contributed by atoms with E-state index in [1.54, 1.807) is 0 Å². The van der Waals surface area contributed by atoms with E-state index in [4.69, 9.17) is 10.8 Å². The molecule has 1 atom stereocenters. The van der Waals surface area contributed by atoms with Crippen LogP contribution >= 0.6 is 0 Å². The van der Waals surface area contributed by atoms with Gasteiger partial charge in [-0.05, 0) is 38.9 Å². The maximum absolute atomic E-state index is 13.3. The Kier molecular flexibility index (Phi) is 4.13. The van der Waals surface area contributed by atoms with E-state index < -0.39 is 11.8 Å². The van der Waals surface area contributed by atoms with Crippen molar-refractivity contribution in [2.45, 2.75) is 31.8 Å². The first-order valence-corrected chi connectivity index (χ1v) is 6.69. The molecule has 1 aliphatic carbocycles. The molecule has 0 aliphatic heterocycles. The molecule has 0 heterocycles. The summed E-state index contributed by atoms with van der Waals surface area (Å²) in [4.78, 5) is 13.5. The molecule has 20 heavy (non-hydrogen) atoms. The monoisotopic (exact) mass is 281 g/mol. The van der Waals surface area contributed by atoms with Gasteiger partial charge in [-0.15, -0.1) is 0 Å². The number of nitrogens with zero attached hydrogens (tertiary/aromatic N) is 1. The van der Waals surface area contributed by atoms with Crippen molar-refractivity contribution in [3.8, 4) is 0 Å². The Balaban J connectivity index is 2.09. The van der Waals surface area contributed by atoms with Crippen LogP contribution in [-0.4, -0.2) is 41.7 Å². The van der Waals surface area contributed by atoms with Gasteiger partial charge in [0.15, 0.2) is 0 Å². The number of carboxylic acid groups (broad SMARTS) is 1. The van der Waals surface area contributed by atoms with Crippen LogP contribution in [0.4, 0.5) is 15.8 Å². The molecule has 1 aromatic carbocycles. The number of nitrogen functional groups attached to an aromatic ring is 1. The number of aromatic carboxylic acids is 1. The van der Waals surface area contributed by atoms with Crippen LogP contribution in [0, 0.1) is 5.82 Å². The highest BCUT2D eigenvalue weighted by atomic mass is 19.1. The molecule has 110 valence electrons. The summed E-state index contributed by atoms with van der Waals surface area (Å²) in [5.74, 6) is -1.94. The maximum atomic E-state index is 13.3. The van der Waals surface area contributed by atoms with Gasteiger partial charge in [-0.1, -0.05) is 0 Å². The molecule has 1 saturated carbocycles. The van der Waals surface area contributed by atoms with Gasteiger partial charge in [-0.3, -0.25) is 4.90 Å². The van der Waals surface area contributed by atoms with E-state index in [9.17, 15) is 9.18 Å². The number of hydrogen-bond donors (Lipinski definition) is 3. The number of rotatable bonds is 6. The lowest BCUT2D eigenvalue weighted by Crippen LogP contribution is -2.36. The summed E-state index contributed by atoms with van der Waals surface area (Å²) in [7, 11) is 2.06. The van der Waals surface area contributed by atoms with E-state index in [0.717, 1.165) is 0 Å². The van der Waals surface area contributed by atoms with E-state index in [0.29, 0.717) is 18.3 Å². The number of carboxylic acids is 1. The number of likely N-dealkylation sites (N-methyl/N-ethyl adjacent to an activating group) is 1. The van der Waals surface area contributed by atoms with Crippen molar-refractivity contribution in [3.63, 3.8) is 0 Å². The van der Waals surface area contributed by atoms with Crippen LogP contribution < -0.4 is 11.1 Å². The van der Waals surface area contributed by atoms with Gasteiger partial charge in [-0.25, -0.2) is 9.18 Å². The minimum absolute atomic E-state index is 0.203. The summed E-state index contributed by atoms with van der Waals surface area (Å²) in [6, 6.07) is 3.48. The molecule has 5 nitrogen and oxygen atoms in total. The van der Waals surface area contributed by atoms with Crippen LogP contribution in [0.15, 0.2) is 12.1 Å². The van der Waals surface area contributed by atoms with Gasteiger partial charge >= 0.3 is 5.97 Å². The molecule has 1 aliphatic rings. The molecule has 1 aromatic rings. The SMILES string of the molecule is CC(CNc1ccc(F)c(N)c1C(=O)O)N(C)C1CC1. The zero-order valence-corrected chi connectivity index (χ0v) is 11.7. The Morgan fingerprint density at radius 2 is 2.25 bits per heavy atom. The Morgan fingerprint density at radius 3 is 2.80 bits per heavy atom. The van der Waals surface area contributed by atoms with E-state index in [1.165, 1.54) is 25.0 Å². The summed E-state index contributed by atoms with van der Waals surface area (Å²) in [6.07, 6.45) is 2.43. The lowest BCUT2D eigenvalue weighted by atomic mass is 10.1. The summed E-state index contributed by atoms with van der Waals surface area (Å²) in [6.45, 7) is 2.65. The molecule has 4 N–H and O–H groups in total. The van der Waals surface area contributed by atoms with Crippen molar-refractivity contribution < 1.29 is 14.3 Å². The Labute approximate surface area is 117 Å². The van der Waals surface area contributed by atoms with Gasteiger partial charge in [0.25, 0.3) is 0 Å². The fourth-order valence-corrected chi connectivity index (χ4v) is 2.22. The minimum Gasteiger partial charge on any atom is -0.478 e. The number of hydrogen-bond acceptors (Lipinski definition) is 4. The van der Waals surface area contributed by atoms with E-state index in [-0.39, 0.29) is 17.3 Å². The largest absolute Gasteiger partial charge is 0.478 e. The van der Waals surface area contributed by atoms with Gasteiger partial charge in [0.2, 0.25) is 0 Å². The summed E-state index contributed by atoms with van der Waals surface area (Å²) in [5, 5.41) is 12.2. The van der Waals surface area contributed by atoms with Crippen LogP contribution in [0.3, 0.4) is 0 Å². The van der Waals surface area contributed by atoms with Gasteiger partial charge in [0.05, 0.1) is 11.4 Å². The predicted octanol–water partition coefficient (Wildman–Crippen LogP) is 2.00. The summed E-state index contributed by atoms with van der Waals surface area (Å²) >= 11 is 0. The molecule has 0 amide bonds. The molecular weight excluding hydrogens is 261 g/mol. The quantitative estimate of drug-likeness (QED) is 0.695. The summed E-state index contributed by atoms with van der Waals surface area (Å²) in [5.41, 5.74) is 5.33. The molecule has 0 bridgehead atoms. The molecule has 0 spiro atoms. The smallest absolute Gasteiger partial charge is 0.340 e. The average molecular weight is 281 g/mol. The van der Waals surface area contributed by atoms with Gasteiger partial charge in [0.1, 0.15) is 11.4 Å². The molecule has 0 radical (unpaired) electrons. The third-order valence-electron chi connectivity index (χ3n) is 3.81. The maximum Gasteiger partial charge on any atom is 0.340 e. The highest BCUT2D eigenvalue weighted by Gasteiger charge is 2.29. The van der Waals surface area contributed by atoms with Crippen LogP contribution in [0.2, 0.25) is 0 Å². The normalized spacial score (nSPS) is 16.2. The van der Waals surface area contributed by atoms with E-state index in [2.05, 4.69) is 24.2 Å². The topological polar surface area (TPSA) is 78.6 Å². The number of anilines is 2. The first-order valence-electron chi connectivity index (χ1n) is 6.69. The molecule has 0 aromatic heterocycles. The standard InChI is InChI=1S/C14H20FN3O2/c1-8(18(2)9-3-4-9)7-17-11-6-5-10(15)13(16)12(11)14(19)20/h5-6,8-9,17H,3-4,7,16H2,1-2H3,(H,19,20). The molecular formula is C14H20FN3O2. The van der Waals surface area contributed by atoms with Crippen molar-refractivity contribution >= 4 is 17.3 Å². The highest BCUT2D eigenvalue weighted by molar-refractivity contribution is 6.00. The van der Waals surface area contributed by atoms with Crippen LogP contribution in [0.25, 0.3) is 0 Å². The molecule has 1 fully saturated rings. The van der Waals surface area contributed by atoms with E-state index >= 15 is 0 Å². The van der Waals surface area contributed by atoms with Crippen molar-refractivity contribution in [3.05, 3.63) is 23.5 Å². The second-order valence-electron chi connectivity index (χ2n) is 5.32. The van der Waals surface area contributed by atoms with Crippen molar-refractivity contribution in [1.82, 2.24) is 4.90 Å². The van der Waals surface area contributed by atoms with Crippen molar-refractivity contribution in [2.75, 3.05) is 24.6 Å². The first kappa shape index (κ1) is 14.6. The number of benzene rings is 1. The third-order valence-corrected chi connectivity index (χ3v) is 3.81. The fraction of sp³-hybridized carbons (Fsp3) is 0.500. The second kappa shape index (κ2) is 5.66. The zero-order chi connectivity index (χ0) is 14.9. The van der Waals surface area contributed by atoms with Crippen LogP contribution in [0.5, 0.6) is 0 Å². The second-order valence-corrected chi connectivity index (χ2v) is 5.32. The number of carbonyl (C=O) groups is 1. The van der Waals surface area contributed by atoms with Crippen molar-refractivity contribution in [2.24, 2.45) is 0 Å². The molecule has 1 unspecified atom stereocenters. The predicted molar refractivity (Wildman–Crippen MR) is 76.5 cm³/mol. The van der Waals surface area contributed by atoms with Crippen LogP contribution in [0.1, 0.15) is 30.1 Å². The molecule has 2 rings (SSSR count). The highest BCUT2D eigenvalue weighted by Crippen LogP contribution is 2.28. The zero-order valence-electron chi connectivity index (χ0n) is 11.7.